The van der Waals surface area contributed by atoms with Crippen LogP contribution in [-0.2, 0) is 9.39 Å². The van der Waals surface area contributed by atoms with Crippen molar-refractivity contribution in [2.75, 3.05) is 19.7 Å². The van der Waals surface area contributed by atoms with Gasteiger partial charge in [-0.2, -0.15) is 0 Å². The van der Waals surface area contributed by atoms with Gasteiger partial charge in [0, 0.05) is 16.9 Å². The van der Waals surface area contributed by atoms with E-state index in [-0.39, 0.29) is 0 Å². The molecule has 0 aliphatic carbocycles. The van der Waals surface area contributed by atoms with Gasteiger partial charge >= 0.3 is 13.2 Å². The maximum absolute atomic E-state index is 11.5. The SMILES string of the molecule is CC(C)(C)OC(=O)NCCCCOc1cccc2c1B(O)OC2C[N+](=O)[O-]. The first-order valence-electron chi connectivity index (χ1n) is 8.85. The molecule has 0 aromatic heterocycles. The number of nitro groups is 1. The van der Waals surface area contributed by atoms with Gasteiger partial charge in [-0.25, -0.2) is 4.79 Å². The van der Waals surface area contributed by atoms with E-state index >= 15 is 0 Å². The monoisotopic (exact) mass is 380 g/mol. The van der Waals surface area contributed by atoms with Gasteiger partial charge in [-0.15, -0.1) is 0 Å². The largest absolute Gasteiger partial charge is 0.496 e. The summed E-state index contributed by atoms with van der Waals surface area (Å²) in [5.41, 5.74) is 0.483. The smallest absolute Gasteiger partial charge is 0.494 e. The van der Waals surface area contributed by atoms with Crippen LogP contribution in [0.15, 0.2) is 18.2 Å². The Balaban J connectivity index is 1.78. The van der Waals surface area contributed by atoms with E-state index in [2.05, 4.69) is 5.32 Å². The Morgan fingerprint density at radius 3 is 2.81 bits per heavy atom. The van der Waals surface area contributed by atoms with E-state index in [1.54, 1.807) is 39.0 Å². The molecule has 0 saturated carbocycles. The molecule has 2 N–H and O–H groups in total. The summed E-state index contributed by atoms with van der Waals surface area (Å²) in [6.07, 6.45) is 0.124. The van der Waals surface area contributed by atoms with Crippen LogP contribution in [-0.4, -0.2) is 48.5 Å². The van der Waals surface area contributed by atoms with Crippen molar-refractivity contribution in [3.63, 3.8) is 0 Å². The van der Waals surface area contributed by atoms with Gasteiger partial charge in [-0.1, -0.05) is 12.1 Å². The molecule has 1 aromatic carbocycles. The van der Waals surface area contributed by atoms with Crippen molar-refractivity contribution in [3.8, 4) is 5.75 Å². The number of amides is 1. The lowest BCUT2D eigenvalue weighted by molar-refractivity contribution is -0.490. The molecule has 9 nitrogen and oxygen atoms in total. The number of nitrogens with one attached hydrogen (secondary N) is 1. The zero-order valence-electron chi connectivity index (χ0n) is 15.8. The molecular weight excluding hydrogens is 355 g/mol. The summed E-state index contributed by atoms with van der Waals surface area (Å²) in [6, 6.07) is 5.10. The zero-order chi connectivity index (χ0) is 20.0. The highest BCUT2D eigenvalue weighted by molar-refractivity contribution is 6.62. The van der Waals surface area contributed by atoms with Crippen LogP contribution in [0.25, 0.3) is 0 Å². The van der Waals surface area contributed by atoms with Crippen LogP contribution in [0.5, 0.6) is 5.75 Å². The van der Waals surface area contributed by atoms with Crippen molar-refractivity contribution in [1.29, 1.82) is 0 Å². The van der Waals surface area contributed by atoms with Gasteiger partial charge < -0.3 is 24.5 Å². The second-order valence-corrected chi connectivity index (χ2v) is 7.24. The third-order valence-electron chi connectivity index (χ3n) is 3.80. The molecule has 0 fully saturated rings. The predicted octanol–water partition coefficient (Wildman–Crippen LogP) is 1.41. The number of fused-ring (bicyclic) bond motifs is 1. The summed E-state index contributed by atoms with van der Waals surface area (Å²) in [6.45, 7) is 5.82. The summed E-state index contributed by atoms with van der Waals surface area (Å²) in [7, 11) is -1.24. The Bertz CT molecular complexity index is 678. The highest BCUT2D eigenvalue weighted by atomic mass is 16.6. The fourth-order valence-corrected chi connectivity index (χ4v) is 2.72. The van der Waals surface area contributed by atoms with Gasteiger partial charge in [0.25, 0.3) is 0 Å². The number of alkyl carbamates (subject to hydrolysis) is 1. The van der Waals surface area contributed by atoms with Crippen LogP contribution in [0.2, 0.25) is 0 Å². The number of benzene rings is 1. The molecule has 148 valence electrons. The van der Waals surface area contributed by atoms with E-state index in [1.165, 1.54) is 0 Å². The average Bonchev–Trinajstić information content (AvgIpc) is 2.85. The van der Waals surface area contributed by atoms with E-state index in [0.29, 0.717) is 42.8 Å². The highest BCUT2D eigenvalue weighted by Gasteiger charge is 2.40. The minimum absolute atomic E-state index is 0.374. The minimum atomic E-state index is -1.24. The molecule has 1 aliphatic heterocycles. The molecule has 0 bridgehead atoms. The molecule has 1 aromatic rings. The van der Waals surface area contributed by atoms with E-state index in [4.69, 9.17) is 14.1 Å². The molecule has 1 heterocycles. The topological polar surface area (TPSA) is 120 Å². The summed E-state index contributed by atoms with van der Waals surface area (Å²) >= 11 is 0. The lowest BCUT2D eigenvalue weighted by Gasteiger charge is -2.19. The van der Waals surface area contributed by atoms with E-state index < -0.39 is 36.4 Å². The third kappa shape index (κ3) is 6.40. The molecule has 2 rings (SSSR count). The van der Waals surface area contributed by atoms with E-state index in [1.807, 2.05) is 0 Å². The Kier molecular flexibility index (Phi) is 7.03. The molecule has 0 radical (unpaired) electrons. The maximum Gasteiger partial charge on any atom is 0.496 e. The molecule has 1 amide bonds. The number of ether oxygens (including phenoxy) is 2. The number of nitrogens with zero attached hydrogens (tertiary/aromatic N) is 1. The van der Waals surface area contributed by atoms with E-state index in [9.17, 15) is 19.9 Å². The fourth-order valence-electron chi connectivity index (χ4n) is 2.72. The minimum Gasteiger partial charge on any atom is -0.494 e. The van der Waals surface area contributed by atoms with Crippen molar-refractivity contribution >= 4 is 18.7 Å². The van der Waals surface area contributed by atoms with Crippen molar-refractivity contribution in [2.45, 2.75) is 45.3 Å². The lowest BCUT2D eigenvalue weighted by Crippen LogP contribution is -2.33. The number of hydrogen-bond acceptors (Lipinski definition) is 7. The Morgan fingerprint density at radius 2 is 2.15 bits per heavy atom. The van der Waals surface area contributed by atoms with Crippen LogP contribution in [0.3, 0.4) is 0 Å². The first-order chi connectivity index (χ1) is 12.7. The fraction of sp³-hybridized carbons (Fsp3) is 0.588. The Labute approximate surface area is 158 Å². The number of carbonyl (C=O) groups is 1. The van der Waals surface area contributed by atoms with Crippen molar-refractivity contribution < 1.29 is 28.9 Å². The van der Waals surface area contributed by atoms with Crippen LogP contribution in [0.4, 0.5) is 4.79 Å². The van der Waals surface area contributed by atoms with Crippen LogP contribution >= 0.6 is 0 Å². The van der Waals surface area contributed by atoms with Crippen LogP contribution in [0, 0.1) is 10.1 Å². The molecular formula is C17H25BN2O7. The number of carbonyl (C=O) groups excluding carboxylic acids is 1. The number of rotatable bonds is 8. The molecule has 10 heteroatoms. The molecule has 0 spiro atoms. The quantitative estimate of drug-likeness (QED) is 0.303. The predicted molar refractivity (Wildman–Crippen MR) is 98.7 cm³/mol. The maximum atomic E-state index is 11.5. The van der Waals surface area contributed by atoms with Crippen molar-refractivity contribution in [2.24, 2.45) is 0 Å². The number of unbranched alkanes of at least 4 members (excludes halogenated alkanes) is 1. The van der Waals surface area contributed by atoms with Gasteiger partial charge in [0.15, 0.2) is 0 Å². The van der Waals surface area contributed by atoms with Crippen molar-refractivity contribution in [1.82, 2.24) is 5.32 Å². The third-order valence-corrected chi connectivity index (χ3v) is 3.80. The van der Waals surface area contributed by atoms with Gasteiger partial charge in [0.1, 0.15) is 17.5 Å². The molecule has 0 saturated heterocycles. The average molecular weight is 380 g/mol. The van der Waals surface area contributed by atoms with E-state index in [0.717, 1.165) is 0 Å². The second kappa shape index (κ2) is 9.05. The summed E-state index contributed by atoms with van der Waals surface area (Å²) in [5.74, 6) is 0.450. The Morgan fingerprint density at radius 1 is 1.41 bits per heavy atom. The van der Waals surface area contributed by atoms with Gasteiger partial charge in [0.05, 0.1) is 6.61 Å². The number of hydrogen-bond donors (Lipinski definition) is 2. The van der Waals surface area contributed by atoms with Gasteiger partial charge in [-0.3, -0.25) is 10.1 Å². The molecule has 27 heavy (non-hydrogen) atoms. The summed E-state index contributed by atoms with van der Waals surface area (Å²) in [4.78, 5) is 21.8. The summed E-state index contributed by atoms with van der Waals surface area (Å²) < 4.78 is 16.1. The highest BCUT2D eigenvalue weighted by Crippen LogP contribution is 2.27. The molecule has 1 aliphatic rings. The first-order valence-corrected chi connectivity index (χ1v) is 8.85. The second-order valence-electron chi connectivity index (χ2n) is 7.24. The first kappa shape index (κ1) is 21.0. The van der Waals surface area contributed by atoms with Gasteiger partial charge in [0.2, 0.25) is 6.54 Å². The standard InChI is InChI=1S/C17H25BN2O7/c1-17(2,3)26-16(21)19-9-4-5-10-25-13-8-6-7-12-14(11-20(23)24)27-18(22)15(12)13/h6-8,14,22H,4-5,9-11H2,1-3H3,(H,19,21). The van der Waals surface area contributed by atoms with Crippen LogP contribution < -0.4 is 15.5 Å². The lowest BCUT2D eigenvalue weighted by atomic mass is 9.78. The normalized spacial score (nSPS) is 16.0. The molecule has 1 atom stereocenters. The summed E-state index contributed by atoms with van der Waals surface area (Å²) in [5, 5.41) is 23.5. The molecule has 1 unspecified atom stereocenters. The Hall–Kier alpha value is -2.33. The zero-order valence-corrected chi connectivity index (χ0v) is 15.8. The van der Waals surface area contributed by atoms with Crippen molar-refractivity contribution in [3.05, 3.63) is 33.9 Å². The van der Waals surface area contributed by atoms with Crippen LogP contribution in [0.1, 0.15) is 45.3 Å². The van der Waals surface area contributed by atoms with Gasteiger partial charge in [-0.05, 0) is 45.2 Å².